The first-order chi connectivity index (χ1) is 15.5. The number of hydrogen-bond acceptors (Lipinski definition) is 8. The largest absolute Gasteiger partial charge is 0.477 e. The van der Waals surface area contributed by atoms with Gasteiger partial charge in [-0.1, -0.05) is 0 Å². The van der Waals surface area contributed by atoms with E-state index < -0.39 is 11.8 Å². The van der Waals surface area contributed by atoms with E-state index >= 15 is 0 Å². The molecule has 4 heterocycles. The number of ether oxygens (including phenoxy) is 2. The number of nitrogens with zero attached hydrogens (tertiary/aromatic N) is 4. The van der Waals surface area contributed by atoms with E-state index in [0.717, 1.165) is 16.9 Å². The van der Waals surface area contributed by atoms with Gasteiger partial charge in [0.2, 0.25) is 0 Å². The zero-order valence-corrected chi connectivity index (χ0v) is 18.0. The number of aliphatic hydroxyl groups excluding tert-OH is 1. The number of amides is 1. The van der Waals surface area contributed by atoms with E-state index in [9.17, 15) is 9.90 Å². The lowest BCUT2D eigenvalue weighted by atomic mass is 9.97. The molecule has 10 heteroatoms. The molecule has 2 aromatic heterocycles. The molecule has 3 N–H and O–H groups in total. The van der Waals surface area contributed by atoms with Crippen LogP contribution >= 0.6 is 0 Å². The maximum absolute atomic E-state index is 12.4. The lowest BCUT2D eigenvalue weighted by Gasteiger charge is -2.31. The lowest BCUT2D eigenvalue weighted by molar-refractivity contribution is -0.133. The molecule has 0 aliphatic carbocycles. The lowest BCUT2D eigenvalue weighted by Crippen LogP contribution is -2.46. The van der Waals surface area contributed by atoms with Crippen LogP contribution in [0, 0.1) is 0 Å². The van der Waals surface area contributed by atoms with E-state index in [-0.39, 0.29) is 5.91 Å². The summed E-state index contributed by atoms with van der Waals surface area (Å²) < 4.78 is 13.2. The van der Waals surface area contributed by atoms with Crippen molar-refractivity contribution in [1.29, 1.82) is 0 Å². The molecule has 2 atom stereocenters. The first kappa shape index (κ1) is 20.5. The number of likely N-dealkylation sites (N-methyl/N-ethyl adjacent to an activating group) is 1. The summed E-state index contributed by atoms with van der Waals surface area (Å²) in [6, 6.07) is 5.68. The van der Waals surface area contributed by atoms with Crippen molar-refractivity contribution < 1.29 is 19.4 Å². The van der Waals surface area contributed by atoms with E-state index in [1.807, 2.05) is 12.1 Å². The van der Waals surface area contributed by atoms with Crippen LogP contribution in [0.3, 0.4) is 0 Å². The van der Waals surface area contributed by atoms with Gasteiger partial charge in [-0.05, 0) is 19.1 Å². The van der Waals surface area contributed by atoms with Crippen LogP contribution < -0.4 is 20.3 Å². The highest BCUT2D eigenvalue weighted by Crippen LogP contribution is 2.43. The minimum Gasteiger partial charge on any atom is -0.477 e. The molecule has 32 heavy (non-hydrogen) atoms. The Hall–Kier alpha value is -3.37. The molecule has 1 unspecified atom stereocenters. The van der Waals surface area contributed by atoms with Crippen molar-refractivity contribution >= 4 is 22.9 Å². The van der Waals surface area contributed by atoms with Gasteiger partial charge in [-0.3, -0.25) is 4.79 Å². The van der Waals surface area contributed by atoms with Gasteiger partial charge in [-0.15, -0.1) is 0 Å². The van der Waals surface area contributed by atoms with Crippen molar-refractivity contribution in [1.82, 2.24) is 19.9 Å². The van der Waals surface area contributed by atoms with E-state index in [1.165, 1.54) is 0 Å². The molecule has 10 nitrogen and oxygen atoms in total. The molecule has 5 rings (SSSR count). The average Bonchev–Trinajstić information content (AvgIpc) is 3.39. The molecule has 1 amide bonds. The number of carbonyl (C=O) groups excluding carboxylic acids is 1. The van der Waals surface area contributed by atoms with Crippen LogP contribution in [0.5, 0.6) is 5.75 Å². The molecular formula is C22H26N6O4. The Morgan fingerprint density at radius 3 is 2.91 bits per heavy atom. The standard InChI is InChI=1S/C22H26N6O4/c1-22(21(30)23-2)12-14-10-16(17(11-18(14)32-22)27-6-8-31-9-7-27)26-20(29)15-13-25-28-5-3-4-24-19(15)28/h3-5,10-11,13,20,26,29H,6-9,12H2,1-2H3,(H,23,30)/t20?,22-/m0/s1. The second kappa shape index (κ2) is 7.95. The summed E-state index contributed by atoms with van der Waals surface area (Å²) in [7, 11) is 1.60. The fraction of sp³-hybridized carbons (Fsp3) is 0.409. The Morgan fingerprint density at radius 1 is 1.31 bits per heavy atom. The van der Waals surface area contributed by atoms with Crippen LogP contribution in [0.2, 0.25) is 0 Å². The van der Waals surface area contributed by atoms with Crippen molar-refractivity contribution in [3.8, 4) is 5.75 Å². The van der Waals surface area contributed by atoms with Crippen LogP contribution in [-0.4, -0.2) is 64.6 Å². The monoisotopic (exact) mass is 438 g/mol. The predicted octanol–water partition coefficient (Wildman–Crippen LogP) is 1.11. The van der Waals surface area contributed by atoms with Crippen LogP contribution in [0.25, 0.3) is 5.65 Å². The third kappa shape index (κ3) is 3.51. The highest BCUT2D eigenvalue weighted by molar-refractivity contribution is 5.87. The topological polar surface area (TPSA) is 113 Å². The van der Waals surface area contributed by atoms with Gasteiger partial charge in [-0.25, -0.2) is 9.50 Å². The Morgan fingerprint density at radius 2 is 2.12 bits per heavy atom. The molecule has 1 saturated heterocycles. The van der Waals surface area contributed by atoms with Gasteiger partial charge in [0.05, 0.1) is 36.3 Å². The SMILES string of the molecule is CNC(=O)[C@]1(C)Cc2cc(NC(O)c3cnn4cccnc34)c(N3CCOCC3)cc2O1. The molecular weight excluding hydrogens is 412 g/mol. The number of nitrogens with one attached hydrogen (secondary N) is 2. The average molecular weight is 438 g/mol. The third-order valence-corrected chi connectivity index (χ3v) is 5.99. The predicted molar refractivity (Wildman–Crippen MR) is 118 cm³/mol. The Labute approximate surface area is 185 Å². The maximum atomic E-state index is 12.4. The maximum Gasteiger partial charge on any atom is 0.264 e. The summed E-state index contributed by atoms with van der Waals surface area (Å²) in [5.41, 5.74) is 2.72. The van der Waals surface area contributed by atoms with Crippen LogP contribution in [0.1, 0.15) is 24.3 Å². The van der Waals surface area contributed by atoms with Gasteiger partial charge in [0.1, 0.15) is 5.75 Å². The summed E-state index contributed by atoms with van der Waals surface area (Å²) in [5, 5.41) is 21.2. The second-order valence-corrected chi connectivity index (χ2v) is 8.20. The van der Waals surface area contributed by atoms with E-state index in [0.29, 0.717) is 49.7 Å². The number of hydrogen-bond donors (Lipinski definition) is 3. The normalized spacial score (nSPS) is 21.2. The van der Waals surface area contributed by atoms with Gasteiger partial charge in [0, 0.05) is 50.6 Å². The minimum atomic E-state index is -1.02. The van der Waals surface area contributed by atoms with Crippen molar-refractivity contribution in [2.24, 2.45) is 0 Å². The fourth-order valence-corrected chi connectivity index (χ4v) is 4.33. The second-order valence-electron chi connectivity index (χ2n) is 8.20. The number of benzene rings is 1. The van der Waals surface area contributed by atoms with Gasteiger partial charge in [0.15, 0.2) is 17.5 Å². The molecule has 0 spiro atoms. The van der Waals surface area contributed by atoms with Gasteiger partial charge >= 0.3 is 0 Å². The Bertz CT molecular complexity index is 1160. The van der Waals surface area contributed by atoms with Crippen LogP contribution in [0.15, 0.2) is 36.8 Å². The number of fused-ring (bicyclic) bond motifs is 2. The summed E-state index contributed by atoms with van der Waals surface area (Å²) in [5.74, 6) is 0.504. The smallest absolute Gasteiger partial charge is 0.264 e. The molecule has 0 radical (unpaired) electrons. The molecule has 0 bridgehead atoms. The summed E-state index contributed by atoms with van der Waals surface area (Å²) >= 11 is 0. The molecule has 1 aromatic carbocycles. The highest BCUT2D eigenvalue weighted by atomic mass is 16.5. The summed E-state index contributed by atoms with van der Waals surface area (Å²) in [4.78, 5) is 18.9. The van der Waals surface area contributed by atoms with Crippen molar-refractivity contribution in [3.05, 3.63) is 47.9 Å². The Balaban J connectivity index is 1.51. The van der Waals surface area contributed by atoms with Gasteiger partial charge in [0.25, 0.3) is 5.91 Å². The fourth-order valence-electron chi connectivity index (χ4n) is 4.33. The highest BCUT2D eigenvalue weighted by Gasteiger charge is 2.42. The summed E-state index contributed by atoms with van der Waals surface area (Å²) in [6.45, 7) is 4.46. The molecule has 2 aliphatic rings. The third-order valence-electron chi connectivity index (χ3n) is 5.99. The molecule has 168 valence electrons. The van der Waals surface area contributed by atoms with Crippen molar-refractivity contribution in [2.45, 2.75) is 25.2 Å². The Kier molecular flexibility index (Phi) is 5.10. The zero-order valence-electron chi connectivity index (χ0n) is 18.0. The van der Waals surface area contributed by atoms with Crippen LogP contribution in [0.4, 0.5) is 11.4 Å². The van der Waals surface area contributed by atoms with Gasteiger partial charge < -0.3 is 30.1 Å². The molecule has 2 aliphatic heterocycles. The number of aliphatic hydroxyl groups is 1. The first-order valence-corrected chi connectivity index (χ1v) is 10.6. The number of morpholine rings is 1. The molecule has 1 fully saturated rings. The number of carbonyl (C=O) groups is 1. The molecule has 0 saturated carbocycles. The van der Waals surface area contributed by atoms with Crippen LogP contribution in [-0.2, 0) is 16.0 Å². The van der Waals surface area contributed by atoms with Crippen molar-refractivity contribution in [3.63, 3.8) is 0 Å². The van der Waals surface area contributed by atoms with E-state index in [4.69, 9.17) is 9.47 Å². The quantitative estimate of drug-likeness (QED) is 0.508. The van der Waals surface area contributed by atoms with E-state index in [1.54, 1.807) is 43.1 Å². The van der Waals surface area contributed by atoms with Crippen molar-refractivity contribution in [2.75, 3.05) is 43.6 Å². The van der Waals surface area contributed by atoms with Gasteiger partial charge in [-0.2, -0.15) is 5.10 Å². The minimum absolute atomic E-state index is 0.173. The first-order valence-electron chi connectivity index (χ1n) is 10.6. The number of aromatic nitrogens is 3. The molecule has 3 aromatic rings. The number of rotatable bonds is 5. The summed E-state index contributed by atoms with van der Waals surface area (Å²) in [6.07, 6.45) is 4.47. The zero-order chi connectivity index (χ0) is 22.3. The number of anilines is 2. The van der Waals surface area contributed by atoms with E-state index in [2.05, 4.69) is 25.6 Å².